The van der Waals surface area contributed by atoms with E-state index in [2.05, 4.69) is 10.0 Å². The second kappa shape index (κ2) is 9.31. The van der Waals surface area contributed by atoms with Crippen molar-refractivity contribution in [2.75, 3.05) is 18.8 Å². The van der Waals surface area contributed by atoms with Crippen molar-refractivity contribution in [2.45, 2.75) is 45.1 Å². The highest BCUT2D eigenvalue weighted by atomic mass is 32.2. The number of rotatable bonds is 9. The second-order valence-corrected chi connectivity index (χ2v) is 8.84. The molecule has 0 heterocycles. The lowest BCUT2D eigenvalue weighted by molar-refractivity contribution is -0.123. The number of nitrogens with two attached hydrogens (primary N) is 1. The van der Waals surface area contributed by atoms with E-state index in [-0.39, 0.29) is 30.2 Å². The van der Waals surface area contributed by atoms with Crippen molar-refractivity contribution in [3.63, 3.8) is 0 Å². The largest absolute Gasteiger partial charge is 0.355 e. The number of amides is 1. The summed E-state index contributed by atoms with van der Waals surface area (Å²) in [5, 5.41) is 2.73. The van der Waals surface area contributed by atoms with Crippen LogP contribution in [0.4, 0.5) is 0 Å². The number of carbonyl (C=O) groups is 1. The maximum Gasteiger partial charge on any atom is 0.220 e. The first-order chi connectivity index (χ1) is 11.9. The number of sulfonamides is 1. The first-order valence-corrected chi connectivity index (χ1v) is 10.6. The molecule has 0 aromatic heterocycles. The van der Waals surface area contributed by atoms with Crippen molar-refractivity contribution in [2.24, 2.45) is 11.1 Å². The number of benzene rings is 1. The van der Waals surface area contributed by atoms with Crippen LogP contribution in [0, 0.1) is 5.41 Å². The van der Waals surface area contributed by atoms with Gasteiger partial charge in [-0.25, -0.2) is 13.1 Å². The van der Waals surface area contributed by atoms with Crippen molar-refractivity contribution in [3.05, 3.63) is 35.9 Å². The average molecular weight is 368 g/mol. The molecule has 4 N–H and O–H groups in total. The van der Waals surface area contributed by atoms with Gasteiger partial charge in [0.05, 0.1) is 5.75 Å². The van der Waals surface area contributed by atoms with Gasteiger partial charge in [0.15, 0.2) is 0 Å². The highest BCUT2D eigenvalue weighted by Crippen LogP contribution is 2.38. The Morgan fingerprint density at radius 3 is 2.44 bits per heavy atom. The zero-order valence-electron chi connectivity index (χ0n) is 14.7. The van der Waals surface area contributed by atoms with Gasteiger partial charge in [0.25, 0.3) is 0 Å². The number of carbonyl (C=O) groups excluding carboxylic acids is 1. The van der Waals surface area contributed by atoms with Gasteiger partial charge in [0, 0.05) is 19.5 Å². The molecule has 1 aliphatic rings. The predicted octanol–water partition coefficient (Wildman–Crippen LogP) is 1.52. The van der Waals surface area contributed by atoms with Crippen molar-refractivity contribution in [1.82, 2.24) is 10.0 Å². The number of nitrogens with one attached hydrogen (secondary N) is 2. The molecule has 0 saturated heterocycles. The van der Waals surface area contributed by atoms with Crippen LogP contribution in [0.3, 0.4) is 0 Å². The summed E-state index contributed by atoms with van der Waals surface area (Å²) in [6.07, 6.45) is 5.78. The van der Waals surface area contributed by atoms with Crippen LogP contribution in [0.1, 0.15) is 44.1 Å². The molecule has 0 atom stereocenters. The van der Waals surface area contributed by atoms with Crippen LogP contribution in [0.2, 0.25) is 0 Å². The lowest BCUT2D eigenvalue weighted by atomic mass is 9.72. The average Bonchev–Trinajstić information content (AvgIpc) is 2.61. The van der Waals surface area contributed by atoms with Gasteiger partial charge in [0.1, 0.15) is 0 Å². The minimum atomic E-state index is -3.42. The van der Waals surface area contributed by atoms with E-state index in [4.69, 9.17) is 5.73 Å². The summed E-state index contributed by atoms with van der Waals surface area (Å²) in [6, 6.07) is 9.33. The lowest BCUT2D eigenvalue weighted by Gasteiger charge is -2.35. The van der Waals surface area contributed by atoms with E-state index in [1.165, 1.54) is 6.42 Å². The fourth-order valence-electron chi connectivity index (χ4n) is 3.34. The molecule has 25 heavy (non-hydrogen) atoms. The lowest BCUT2D eigenvalue weighted by Crippen LogP contribution is -2.40. The Labute approximate surface area is 150 Å². The van der Waals surface area contributed by atoms with Crippen LogP contribution < -0.4 is 15.8 Å². The molecular weight excluding hydrogens is 338 g/mol. The molecule has 0 radical (unpaired) electrons. The number of hydrogen-bond donors (Lipinski definition) is 3. The van der Waals surface area contributed by atoms with E-state index < -0.39 is 10.0 Å². The van der Waals surface area contributed by atoms with Crippen molar-refractivity contribution >= 4 is 15.9 Å². The van der Waals surface area contributed by atoms with Gasteiger partial charge < -0.3 is 11.1 Å². The highest BCUT2D eigenvalue weighted by Gasteiger charge is 2.32. The van der Waals surface area contributed by atoms with Gasteiger partial charge in [0.2, 0.25) is 15.9 Å². The summed E-state index contributed by atoms with van der Waals surface area (Å²) in [6.45, 7) is 0.883. The van der Waals surface area contributed by atoms with E-state index in [0.717, 1.165) is 31.2 Å². The topological polar surface area (TPSA) is 101 Å². The molecule has 1 saturated carbocycles. The van der Waals surface area contributed by atoms with Crippen LogP contribution in [-0.4, -0.2) is 33.2 Å². The molecular formula is C18H29N3O3S. The molecule has 6 nitrogen and oxygen atoms in total. The summed E-state index contributed by atoms with van der Waals surface area (Å²) in [7, 11) is -3.42. The Kier molecular flexibility index (Phi) is 7.40. The minimum Gasteiger partial charge on any atom is -0.355 e. The molecule has 0 spiro atoms. The van der Waals surface area contributed by atoms with E-state index in [1.807, 2.05) is 30.3 Å². The first kappa shape index (κ1) is 19.9. The molecule has 1 fully saturated rings. The Balaban J connectivity index is 1.72. The minimum absolute atomic E-state index is 0.104. The molecule has 1 aliphatic carbocycles. The van der Waals surface area contributed by atoms with Crippen molar-refractivity contribution < 1.29 is 13.2 Å². The zero-order chi connectivity index (χ0) is 18.2. The predicted molar refractivity (Wildman–Crippen MR) is 99.3 cm³/mol. The summed E-state index contributed by atoms with van der Waals surface area (Å²) >= 11 is 0. The fourth-order valence-corrected chi connectivity index (χ4v) is 4.25. The molecule has 0 aliphatic heterocycles. The Morgan fingerprint density at radius 1 is 1.12 bits per heavy atom. The maximum atomic E-state index is 12.2. The van der Waals surface area contributed by atoms with Gasteiger partial charge in [-0.1, -0.05) is 49.6 Å². The zero-order valence-corrected chi connectivity index (χ0v) is 15.5. The van der Waals surface area contributed by atoms with Gasteiger partial charge in [-0.05, 0) is 30.4 Å². The Hall–Kier alpha value is -1.44. The van der Waals surface area contributed by atoms with E-state index in [1.54, 1.807) is 0 Å². The quantitative estimate of drug-likeness (QED) is 0.616. The fraction of sp³-hybridized carbons (Fsp3) is 0.611. The van der Waals surface area contributed by atoms with Crippen molar-refractivity contribution in [1.29, 1.82) is 0 Å². The monoisotopic (exact) mass is 367 g/mol. The maximum absolute atomic E-state index is 12.2. The molecule has 2 rings (SSSR count). The number of hydrogen-bond acceptors (Lipinski definition) is 4. The molecule has 140 valence electrons. The van der Waals surface area contributed by atoms with Gasteiger partial charge in [-0.3, -0.25) is 4.79 Å². The first-order valence-electron chi connectivity index (χ1n) is 8.93. The standard InChI is InChI=1S/C18H29N3O3S/c19-15-18(9-5-2-6-10-18)13-17(22)20-11-12-25(23,24)21-14-16-7-3-1-4-8-16/h1,3-4,7-8,21H,2,5-6,9-15,19H2,(H,20,22). The Morgan fingerprint density at radius 2 is 1.80 bits per heavy atom. The molecule has 7 heteroatoms. The van der Waals surface area contributed by atoms with E-state index in [9.17, 15) is 13.2 Å². The summed E-state index contributed by atoms with van der Waals surface area (Å²) in [5.74, 6) is -0.230. The van der Waals surface area contributed by atoms with Gasteiger partial charge >= 0.3 is 0 Å². The SMILES string of the molecule is NCC1(CC(=O)NCCS(=O)(=O)NCc2ccccc2)CCCCC1. The van der Waals surface area contributed by atoms with Crippen LogP contribution in [-0.2, 0) is 21.4 Å². The third-order valence-corrected chi connectivity index (χ3v) is 6.24. The molecule has 1 aromatic rings. The van der Waals surface area contributed by atoms with Gasteiger partial charge in [-0.2, -0.15) is 0 Å². The molecule has 0 bridgehead atoms. The van der Waals surface area contributed by atoms with Crippen LogP contribution in [0.5, 0.6) is 0 Å². The highest BCUT2D eigenvalue weighted by molar-refractivity contribution is 7.89. The smallest absolute Gasteiger partial charge is 0.220 e. The van der Waals surface area contributed by atoms with Crippen LogP contribution in [0.25, 0.3) is 0 Å². The third-order valence-electron chi connectivity index (χ3n) is 4.91. The second-order valence-electron chi connectivity index (χ2n) is 6.92. The summed E-state index contributed by atoms with van der Waals surface area (Å²) < 4.78 is 26.6. The molecule has 1 amide bonds. The van der Waals surface area contributed by atoms with E-state index in [0.29, 0.717) is 13.0 Å². The van der Waals surface area contributed by atoms with E-state index >= 15 is 0 Å². The van der Waals surface area contributed by atoms with Crippen LogP contribution in [0.15, 0.2) is 30.3 Å². The Bertz CT molecular complexity index is 641. The normalized spacial score (nSPS) is 17.2. The van der Waals surface area contributed by atoms with Gasteiger partial charge in [-0.15, -0.1) is 0 Å². The van der Waals surface area contributed by atoms with Crippen molar-refractivity contribution in [3.8, 4) is 0 Å². The molecule has 0 unspecified atom stereocenters. The van der Waals surface area contributed by atoms with Crippen LogP contribution >= 0.6 is 0 Å². The summed E-state index contributed by atoms with van der Waals surface area (Å²) in [4.78, 5) is 12.2. The molecule has 1 aromatic carbocycles. The summed E-state index contributed by atoms with van der Waals surface area (Å²) in [5.41, 5.74) is 6.69. The third kappa shape index (κ3) is 6.76.